The van der Waals surface area contributed by atoms with E-state index >= 15 is 0 Å². The highest BCUT2D eigenvalue weighted by atomic mass is 35.5. The van der Waals surface area contributed by atoms with Gasteiger partial charge in [-0.2, -0.15) is 0 Å². The van der Waals surface area contributed by atoms with Crippen LogP contribution in [-0.4, -0.2) is 47.2 Å². The number of halogens is 1. The predicted octanol–water partition coefficient (Wildman–Crippen LogP) is 1.19. The second-order valence-corrected chi connectivity index (χ2v) is 7.97. The fourth-order valence-electron chi connectivity index (χ4n) is 4.00. The zero-order valence-corrected chi connectivity index (χ0v) is 17.1. The lowest BCUT2D eigenvalue weighted by molar-refractivity contribution is -0.305. The summed E-state index contributed by atoms with van der Waals surface area (Å²) < 4.78 is 0. The molecule has 0 unspecified atom stereocenters. The van der Waals surface area contributed by atoms with E-state index in [1.807, 2.05) is 18.2 Å². The number of carboxylic acid groups (broad SMARTS) is 1. The third-order valence-electron chi connectivity index (χ3n) is 5.52. The molecule has 0 aliphatic carbocycles. The van der Waals surface area contributed by atoms with Gasteiger partial charge in [0.2, 0.25) is 11.8 Å². The van der Waals surface area contributed by atoms with Crippen LogP contribution in [0.4, 0.5) is 5.69 Å². The van der Waals surface area contributed by atoms with E-state index in [1.165, 1.54) is 4.90 Å². The average Bonchev–Trinajstić information content (AvgIpc) is 3.12. The van der Waals surface area contributed by atoms with Gasteiger partial charge in [0.1, 0.15) is 6.04 Å². The smallest absolute Gasteiger partial charge is 0.256 e. The van der Waals surface area contributed by atoms with Crippen LogP contribution in [0.2, 0.25) is 5.02 Å². The molecule has 9 heteroatoms. The molecule has 31 heavy (non-hydrogen) atoms. The molecule has 4 rings (SSSR count). The van der Waals surface area contributed by atoms with Crippen LogP contribution in [0.25, 0.3) is 11.1 Å². The molecule has 0 aromatic heterocycles. The van der Waals surface area contributed by atoms with Crippen molar-refractivity contribution < 1.29 is 24.3 Å². The van der Waals surface area contributed by atoms with E-state index in [0.29, 0.717) is 29.2 Å². The number of hydrogen-bond donors (Lipinski definition) is 2. The molecule has 0 bridgehead atoms. The molecule has 2 aromatic carbocycles. The minimum atomic E-state index is -1.32. The van der Waals surface area contributed by atoms with Crippen molar-refractivity contribution in [1.82, 2.24) is 10.2 Å². The van der Waals surface area contributed by atoms with Crippen LogP contribution >= 0.6 is 11.6 Å². The maximum Gasteiger partial charge on any atom is 0.256 e. The Morgan fingerprint density at radius 2 is 1.81 bits per heavy atom. The molecule has 0 radical (unpaired) electrons. The molecular weight excluding hydrogens is 422 g/mol. The van der Waals surface area contributed by atoms with Gasteiger partial charge in [-0.05, 0) is 48.2 Å². The molecule has 2 heterocycles. The largest absolute Gasteiger partial charge is 0.550 e. The van der Waals surface area contributed by atoms with Crippen LogP contribution in [0.15, 0.2) is 42.5 Å². The Hall–Kier alpha value is -3.39. The average molecular weight is 441 g/mol. The Bertz CT molecular complexity index is 1070. The molecule has 2 aromatic rings. The van der Waals surface area contributed by atoms with Crippen molar-refractivity contribution in [2.24, 2.45) is 0 Å². The Morgan fingerprint density at radius 3 is 2.52 bits per heavy atom. The normalized spacial score (nSPS) is 19.8. The summed E-state index contributed by atoms with van der Waals surface area (Å²) >= 11 is 5.95. The maximum absolute atomic E-state index is 13.3. The van der Waals surface area contributed by atoms with E-state index in [9.17, 15) is 24.3 Å². The van der Waals surface area contributed by atoms with Crippen molar-refractivity contribution in [2.75, 3.05) is 11.9 Å². The lowest BCUT2D eigenvalue weighted by Gasteiger charge is -2.25. The van der Waals surface area contributed by atoms with Gasteiger partial charge in [-0.1, -0.05) is 29.8 Å². The van der Waals surface area contributed by atoms with Crippen LogP contribution < -0.4 is 15.7 Å². The molecule has 1 fully saturated rings. The summed E-state index contributed by atoms with van der Waals surface area (Å²) in [4.78, 5) is 50.2. The third kappa shape index (κ3) is 4.25. The van der Waals surface area contributed by atoms with Gasteiger partial charge >= 0.3 is 0 Å². The topological polar surface area (TPSA) is 119 Å². The molecule has 2 aliphatic rings. The van der Waals surface area contributed by atoms with Gasteiger partial charge in [0.15, 0.2) is 0 Å². The molecule has 0 spiro atoms. The summed E-state index contributed by atoms with van der Waals surface area (Å²) in [6.07, 6.45) is -0.254. The minimum absolute atomic E-state index is 0.244. The summed E-state index contributed by atoms with van der Waals surface area (Å²) in [6, 6.07) is 11.0. The highest BCUT2D eigenvalue weighted by Crippen LogP contribution is 2.32. The number of carboxylic acids is 1. The van der Waals surface area contributed by atoms with E-state index < -0.39 is 36.3 Å². The molecular formula is C22H19ClN3O5-. The van der Waals surface area contributed by atoms with Crippen molar-refractivity contribution in [3.63, 3.8) is 0 Å². The van der Waals surface area contributed by atoms with E-state index in [2.05, 4.69) is 10.6 Å². The second kappa shape index (κ2) is 8.39. The number of carbonyl (C=O) groups excluding carboxylic acids is 4. The predicted molar refractivity (Wildman–Crippen MR) is 111 cm³/mol. The van der Waals surface area contributed by atoms with Crippen LogP contribution in [0.3, 0.4) is 0 Å². The first-order valence-corrected chi connectivity index (χ1v) is 10.2. The van der Waals surface area contributed by atoms with Gasteiger partial charge in [0.05, 0.1) is 17.3 Å². The Balaban J connectivity index is 1.58. The van der Waals surface area contributed by atoms with Crippen molar-refractivity contribution in [3.05, 3.63) is 53.1 Å². The van der Waals surface area contributed by atoms with Crippen molar-refractivity contribution in [2.45, 2.75) is 31.3 Å². The number of rotatable bonds is 5. The van der Waals surface area contributed by atoms with Gasteiger partial charge in [-0.15, -0.1) is 0 Å². The molecule has 0 saturated carbocycles. The first kappa shape index (κ1) is 20.9. The first-order valence-electron chi connectivity index (χ1n) is 9.84. The van der Waals surface area contributed by atoms with Gasteiger partial charge in [0.25, 0.3) is 5.91 Å². The Labute approximate surface area is 183 Å². The number of anilines is 1. The molecule has 8 nitrogen and oxygen atoms in total. The highest BCUT2D eigenvalue weighted by molar-refractivity contribution is 6.30. The van der Waals surface area contributed by atoms with E-state index in [0.717, 1.165) is 11.1 Å². The molecule has 2 aliphatic heterocycles. The van der Waals surface area contributed by atoms with E-state index in [-0.39, 0.29) is 12.3 Å². The number of fused-ring (bicyclic) bond motifs is 2. The van der Waals surface area contributed by atoms with Crippen LogP contribution in [0.5, 0.6) is 0 Å². The Kier molecular flexibility index (Phi) is 5.65. The zero-order chi connectivity index (χ0) is 22.1. The summed E-state index contributed by atoms with van der Waals surface area (Å²) in [5.41, 5.74) is 2.46. The summed E-state index contributed by atoms with van der Waals surface area (Å²) in [5, 5.41) is 16.6. The zero-order valence-electron chi connectivity index (χ0n) is 16.4. The fourth-order valence-corrected chi connectivity index (χ4v) is 4.13. The van der Waals surface area contributed by atoms with Gasteiger partial charge < -0.3 is 25.4 Å². The lowest BCUT2D eigenvalue weighted by atomic mass is 10.0. The lowest BCUT2D eigenvalue weighted by Crippen LogP contribution is -2.51. The first-order chi connectivity index (χ1) is 14.8. The van der Waals surface area contributed by atoms with Crippen LogP contribution in [-0.2, 0) is 14.4 Å². The summed E-state index contributed by atoms with van der Waals surface area (Å²) in [6.45, 7) is 0.299. The number of nitrogens with zero attached hydrogens (tertiary/aromatic N) is 1. The number of amides is 3. The molecule has 2 N–H and O–H groups in total. The van der Waals surface area contributed by atoms with E-state index in [1.54, 1.807) is 24.3 Å². The number of aliphatic carboxylic acids is 1. The number of nitrogens with one attached hydrogen (secondary N) is 2. The second-order valence-electron chi connectivity index (χ2n) is 7.53. The van der Waals surface area contributed by atoms with Crippen molar-refractivity contribution in [1.29, 1.82) is 0 Å². The quantitative estimate of drug-likeness (QED) is 0.723. The maximum atomic E-state index is 13.3. The fraction of sp³-hybridized carbons (Fsp3) is 0.273. The molecule has 3 amide bonds. The summed E-state index contributed by atoms with van der Waals surface area (Å²) in [7, 11) is 0. The molecule has 160 valence electrons. The van der Waals surface area contributed by atoms with Gasteiger partial charge in [0, 0.05) is 24.0 Å². The number of hydrogen-bond acceptors (Lipinski definition) is 5. The van der Waals surface area contributed by atoms with Gasteiger partial charge in [-0.25, -0.2) is 0 Å². The monoisotopic (exact) mass is 440 g/mol. The minimum Gasteiger partial charge on any atom is -0.550 e. The summed E-state index contributed by atoms with van der Waals surface area (Å²) in [5.74, 6) is -2.52. The SMILES string of the molecule is O=C([O-])CCC(=O)N[C@H]1CCN2C(=O)c3cc(-c4ccc(Cl)cc4)ccc3NC(=O)[C@H]12. The number of carbonyl (C=O) groups is 4. The Morgan fingerprint density at radius 1 is 1.10 bits per heavy atom. The standard InChI is InChI=1S/C22H20ClN3O5/c23-14-4-1-12(2-5-14)13-3-6-16-15(11-13)22(31)26-10-9-17(20(26)21(30)25-16)24-18(27)7-8-19(28)29/h1-6,11,17,20H,7-10H2,(H,24,27)(H,25,30)(H,28,29)/p-1/t17-,20-/m0/s1. The van der Waals surface area contributed by atoms with Gasteiger partial charge in [-0.3, -0.25) is 14.4 Å². The molecule has 2 atom stereocenters. The molecule has 1 saturated heterocycles. The highest BCUT2D eigenvalue weighted by Gasteiger charge is 2.45. The van der Waals surface area contributed by atoms with Crippen molar-refractivity contribution in [3.8, 4) is 11.1 Å². The number of benzene rings is 2. The van der Waals surface area contributed by atoms with E-state index in [4.69, 9.17) is 11.6 Å². The van der Waals surface area contributed by atoms with Crippen LogP contribution in [0.1, 0.15) is 29.6 Å². The third-order valence-corrected chi connectivity index (χ3v) is 5.77. The van der Waals surface area contributed by atoms with Crippen molar-refractivity contribution >= 4 is 41.0 Å². The van der Waals surface area contributed by atoms with Crippen LogP contribution in [0, 0.1) is 0 Å².